The lowest BCUT2D eigenvalue weighted by atomic mass is 9.83. The van der Waals surface area contributed by atoms with Crippen LogP contribution in [0.15, 0.2) is 0 Å². The van der Waals surface area contributed by atoms with Gasteiger partial charge in [-0.3, -0.25) is 4.79 Å². The lowest BCUT2D eigenvalue weighted by Crippen LogP contribution is -2.29. The van der Waals surface area contributed by atoms with Crippen LogP contribution in [-0.4, -0.2) is 17.1 Å². The van der Waals surface area contributed by atoms with Crippen molar-refractivity contribution in [2.75, 3.05) is 0 Å². The average Bonchev–Trinajstić information content (AvgIpc) is 1.84. The summed E-state index contributed by atoms with van der Waals surface area (Å²) in [5.74, 6) is -0.811. The summed E-state index contributed by atoms with van der Waals surface area (Å²) in [6, 6.07) is -0.211. The molecule has 0 saturated carbocycles. The molecule has 1 unspecified atom stereocenters. The van der Waals surface area contributed by atoms with Gasteiger partial charge in [-0.15, -0.1) is 0 Å². The molecule has 0 heterocycles. The monoisotopic (exact) mass is 173 g/mol. The van der Waals surface area contributed by atoms with Crippen LogP contribution in [0.5, 0.6) is 0 Å². The number of carboxylic acids is 1. The van der Waals surface area contributed by atoms with Gasteiger partial charge in [-0.25, -0.2) is 0 Å². The Morgan fingerprint density at radius 1 is 1.58 bits per heavy atom. The number of carbonyl (C=O) groups is 1. The minimum Gasteiger partial charge on any atom is -0.481 e. The van der Waals surface area contributed by atoms with Crippen molar-refractivity contribution in [2.45, 2.75) is 46.1 Å². The van der Waals surface area contributed by atoms with Crippen molar-refractivity contribution >= 4 is 5.97 Å². The van der Waals surface area contributed by atoms with Crippen molar-refractivity contribution in [3.63, 3.8) is 0 Å². The molecular formula is C9H19NO2. The van der Waals surface area contributed by atoms with Crippen LogP contribution in [0, 0.1) is 5.41 Å². The first-order valence-electron chi connectivity index (χ1n) is 4.35. The van der Waals surface area contributed by atoms with E-state index < -0.39 is 5.97 Å². The molecule has 0 amide bonds. The number of nitrogens with two attached hydrogens (primary N) is 1. The largest absolute Gasteiger partial charge is 0.481 e. The van der Waals surface area contributed by atoms with Gasteiger partial charge < -0.3 is 10.8 Å². The number of rotatable bonds is 5. The molecule has 0 fully saturated rings. The highest BCUT2D eigenvalue weighted by molar-refractivity contribution is 5.67. The van der Waals surface area contributed by atoms with E-state index in [1.165, 1.54) is 0 Å². The molecule has 0 aliphatic rings. The SMILES string of the molecule is CCC(C)(C)CC(N)CC(=O)O. The van der Waals surface area contributed by atoms with E-state index in [1.807, 2.05) is 0 Å². The van der Waals surface area contributed by atoms with Gasteiger partial charge >= 0.3 is 5.97 Å². The third kappa shape index (κ3) is 5.13. The molecule has 12 heavy (non-hydrogen) atoms. The Morgan fingerprint density at radius 3 is 2.42 bits per heavy atom. The van der Waals surface area contributed by atoms with Crippen molar-refractivity contribution in [1.29, 1.82) is 0 Å². The van der Waals surface area contributed by atoms with E-state index in [1.54, 1.807) is 0 Å². The summed E-state index contributed by atoms with van der Waals surface area (Å²) in [6.45, 7) is 6.30. The Labute approximate surface area is 74.0 Å². The van der Waals surface area contributed by atoms with Gasteiger partial charge in [0.05, 0.1) is 6.42 Å². The maximum Gasteiger partial charge on any atom is 0.304 e. The van der Waals surface area contributed by atoms with Crippen molar-refractivity contribution in [2.24, 2.45) is 11.1 Å². The fraction of sp³-hybridized carbons (Fsp3) is 0.889. The molecule has 0 saturated heterocycles. The number of carboxylic acid groups (broad SMARTS) is 1. The van der Waals surface area contributed by atoms with Gasteiger partial charge in [0, 0.05) is 6.04 Å². The van der Waals surface area contributed by atoms with Crippen LogP contribution in [0.1, 0.15) is 40.0 Å². The predicted octanol–water partition coefficient (Wildman–Crippen LogP) is 1.61. The Balaban J connectivity index is 3.83. The first-order chi connectivity index (χ1) is 5.37. The van der Waals surface area contributed by atoms with Crippen molar-refractivity contribution in [1.82, 2.24) is 0 Å². The first-order valence-corrected chi connectivity index (χ1v) is 4.35. The van der Waals surface area contributed by atoms with E-state index in [9.17, 15) is 4.79 Å². The van der Waals surface area contributed by atoms with E-state index >= 15 is 0 Å². The lowest BCUT2D eigenvalue weighted by Gasteiger charge is -2.25. The van der Waals surface area contributed by atoms with Gasteiger partial charge in [0.2, 0.25) is 0 Å². The second-order valence-corrected chi connectivity index (χ2v) is 4.08. The van der Waals surface area contributed by atoms with Crippen LogP contribution >= 0.6 is 0 Å². The molecule has 0 aromatic heterocycles. The Kier molecular flexibility index (Phi) is 4.24. The molecule has 0 spiro atoms. The fourth-order valence-corrected chi connectivity index (χ4v) is 1.15. The van der Waals surface area contributed by atoms with Crippen LogP contribution < -0.4 is 5.73 Å². The second-order valence-electron chi connectivity index (χ2n) is 4.08. The third-order valence-electron chi connectivity index (χ3n) is 2.21. The van der Waals surface area contributed by atoms with E-state index in [0.717, 1.165) is 12.8 Å². The molecule has 72 valence electrons. The van der Waals surface area contributed by atoms with Crippen LogP contribution in [0.3, 0.4) is 0 Å². The van der Waals surface area contributed by atoms with E-state index in [2.05, 4.69) is 20.8 Å². The van der Waals surface area contributed by atoms with Crippen molar-refractivity contribution in [3.8, 4) is 0 Å². The zero-order valence-corrected chi connectivity index (χ0v) is 8.13. The summed E-state index contributed by atoms with van der Waals surface area (Å²) in [5, 5.41) is 8.47. The first kappa shape index (κ1) is 11.4. The standard InChI is InChI=1S/C9H19NO2/c1-4-9(2,3)6-7(10)5-8(11)12/h7H,4-6,10H2,1-3H3,(H,11,12). The molecule has 0 aromatic rings. The lowest BCUT2D eigenvalue weighted by molar-refractivity contribution is -0.137. The van der Waals surface area contributed by atoms with Crippen molar-refractivity contribution in [3.05, 3.63) is 0 Å². The molecule has 3 nitrogen and oxygen atoms in total. The Morgan fingerprint density at radius 2 is 2.08 bits per heavy atom. The average molecular weight is 173 g/mol. The molecule has 0 aliphatic carbocycles. The smallest absolute Gasteiger partial charge is 0.304 e. The molecule has 0 rings (SSSR count). The predicted molar refractivity (Wildman–Crippen MR) is 48.9 cm³/mol. The van der Waals surface area contributed by atoms with Crippen LogP contribution in [0.2, 0.25) is 0 Å². The third-order valence-corrected chi connectivity index (χ3v) is 2.21. The minimum absolute atomic E-state index is 0.0728. The fourth-order valence-electron chi connectivity index (χ4n) is 1.15. The van der Waals surface area contributed by atoms with Crippen LogP contribution in [0.4, 0.5) is 0 Å². The molecular weight excluding hydrogens is 154 g/mol. The molecule has 0 aliphatic heterocycles. The number of hydrogen-bond donors (Lipinski definition) is 2. The maximum atomic E-state index is 10.3. The van der Waals surface area contributed by atoms with Crippen LogP contribution in [-0.2, 0) is 4.79 Å². The Hall–Kier alpha value is -0.570. The molecule has 3 heteroatoms. The zero-order valence-electron chi connectivity index (χ0n) is 8.13. The topological polar surface area (TPSA) is 63.3 Å². The number of hydrogen-bond acceptors (Lipinski definition) is 2. The highest BCUT2D eigenvalue weighted by Gasteiger charge is 2.20. The second kappa shape index (κ2) is 4.45. The van der Waals surface area contributed by atoms with Gasteiger partial charge in [-0.1, -0.05) is 27.2 Å². The summed E-state index contributed by atoms with van der Waals surface area (Å²) in [6.07, 6.45) is 1.87. The van der Waals surface area contributed by atoms with E-state index in [4.69, 9.17) is 10.8 Å². The summed E-state index contributed by atoms with van der Waals surface area (Å²) < 4.78 is 0. The molecule has 1 atom stereocenters. The highest BCUT2D eigenvalue weighted by atomic mass is 16.4. The van der Waals surface area contributed by atoms with E-state index in [-0.39, 0.29) is 17.9 Å². The summed E-state index contributed by atoms with van der Waals surface area (Å²) in [5.41, 5.74) is 5.82. The zero-order chi connectivity index (χ0) is 9.78. The molecule has 0 aromatic carbocycles. The van der Waals surface area contributed by atoms with Gasteiger partial charge in [0.25, 0.3) is 0 Å². The normalized spacial score (nSPS) is 14.3. The molecule has 0 radical (unpaired) electrons. The van der Waals surface area contributed by atoms with Gasteiger partial charge in [-0.05, 0) is 11.8 Å². The van der Waals surface area contributed by atoms with Gasteiger partial charge in [0.15, 0.2) is 0 Å². The number of aliphatic carboxylic acids is 1. The van der Waals surface area contributed by atoms with Gasteiger partial charge in [-0.2, -0.15) is 0 Å². The van der Waals surface area contributed by atoms with Crippen LogP contribution in [0.25, 0.3) is 0 Å². The minimum atomic E-state index is -0.811. The molecule has 0 bridgehead atoms. The van der Waals surface area contributed by atoms with Gasteiger partial charge in [0.1, 0.15) is 0 Å². The quantitative estimate of drug-likeness (QED) is 0.664. The highest BCUT2D eigenvalue weighted by Crippen LogP contribution is 2.26. The van der Waals surface area contributed by atoms with Crippen molar-refractivity contribution < 1.29 is 9.90 Å². The summed E-state index contributed by atoms with van der Waals surface area (Å²) in [7, 11) is 0. The summed E-state index contributed by atoms with van der Waals surface area (Å²) in [4.78, 5) is 10.3. The Bertz CT molecular complexity index is 155. The maximum absolute atomic E-state index is 10.3. The van der Waals surface area contributed by atoms with E-state index in [0.29, 0.717) is 0 Å². The summed E-state index contributed by atoms with van der Waals surface area (Å²) >= 11 is 0. The molecule has 3 N–H and O–H groups in total.